The van der Waals surface area contributed by atoms with Crippen molar-refractivity contribution in [1.82, 2.24) is 29.6 Å². The second-order valence-electron chi connectivity index (χ2n) is 10.6. The molecule has 1 aliphatic heterocycles. The number of hydrogen-bond acceptors (Lipinski definition) is 7. The summed E-state index contributed by atoms with van der Waals surface area (Å²) < 4.78 is 2.20. The van der Waals surface area contributed by atoms with E-state index in [1.54, 1.807) is 22.0 Å². The topological polar surface area (TPSA) is 123 Å². The van der Waals surface area contributed by atoms with E-state index in [-0.39, 0.29) is 36.1 Å². The van der Waals surface area contributed by atoms with Crippen molar-refractivity contribution >= 4 is 50.2 Å². The van der Waals surface area contributed by atoms with Gasteiger partial charge in [-0.15, -0.1) is 0 Å². The number of fused-ring (bicyclic) bond motifs is 3. The molecule has 10 nitrogen and oxygen atoms in total. The SMILES string of the molecule is CC(=O)c1nn(CC(=O)N2C3CC[C@@H](C3)[C@@H]2C(=O)Nc2nc(Br)ccc2C)c2ccc(-c3cnc(C)nc3)cc12. The van der Waals surface area contributed by atoms with Crippen molar-refractivity contribution < 1.29 is 14.4 Å². The minimum Gasteiger partial charge on any atom is -0.326 e. The number of amides is 2. The lowest BCUT2D eigenvalue weighted by molar-refractivity contribution is -0.141. The van der Waals surface area contributed by atoms with Crippen molar-refractivity contribution in [2.24, 2.45) is 5.92 Å². The van der Waals surface area contributed by atoms with E-state index in [1.807, 2.05) is 44.2 Å². The third-order valence-electron chi connectivity index (χ3n) is 7.93. The number of anilines is 1. The van der Waals surface area contributed by atoms with E-state index >= 15 is 0 Å². The van der Waals surface area contributed by atoms with Gasteiger partial charge in [0.1, 0.15) is 34.5 Å². The van der Waals surface area contributed by atoms with Crippen LogP contribution in [0.2, 0.25) is 0 Å². The van der Waals surface area contributed by atoms with Crippen LogP contribution in [0.25, 0.3) is 22.0 Å². The number of nitrogens with zero attached hydrogens (tertiary/aromatic N) is 6. The van der Waals surface area contributed by atoms with Gasteiger partial charge in [0.25, 0.3) is 0 Å². The van der Waals surface area contributed by atoms with Crippen LogP contribution in [0.5, 0.6) is 0 Å². The van der Waals surface area contributed by atoms with Gasteiger partial charge in [0.05, 0.1) is 5.52 Å². The summed E-state index contributed by atoms with van der Waals surface area (Å²) in [6, 6.07) is 8.78. The molecule has 1 aliphatic carbocycles. The number of aromatic nitrogens is 5. The molecule has 11 heteroatoms. The number of piperidine rings is 1. The molecule has 40 heavy (non-hydrogen) atoms. The van der Waals surface area contributed by atoms with Gasteiger partial charge in [0, 0.05) is 36.3 Å². The number of carbonyl (C=O) groups is 3. The van der Waals surface area contributed by atoms with Gasteiger partial charge in [0.15, 0.2) is 5.78 Å². The molecule has 0 radical (unpaired) electrons. The standard InChI is InChI=1S/C29H28BrN7O3/c1-15-4-9-24(30)33-28(15)34-29(40)27-19-5-7-21(10-19)37(27)25(39)14-36-23-8-6-18(20-12-31-17(3)32-13-20)11-22(23)26(35-36)16(2)38/h4,6,8-9,11-13,19,21,27H,5,7,10,14H2,1-3H3,(H,33,34,40)/t19-,21?,27+/m0/s1. The fourth-order valence-electron chi connectivity index (χ4n) is 6.00. The number of ketones is 1. The van der Waals surface area contributed by atoms with E-state index in [2.05, 4.69) is 41.3 Å². The summed E-state index contributed by atoms with van der Waals surface area (Å²) in [6.07, 6.45) is 6.06. The molecule has 1 N–H and O–H groups in total. The van der Waals surface area contributed by atoms with Crippen molar-refractivity contribution in [2.45, 2.75) is 58.7 Å². The van der Waals surface area contributed by atoms with Crippen molar-refractivity contribution in [1.29, 1.82) is 0 Å². The fourth-order valence-corrected chi connectivity index (χ4v) is 6.31. The zero-order valence-corrected chi connectivity index (χ0v) is 24.0. The number of halogens is 1. The van der Waals surface area contributed by atoms with Gasteiger partial charge in [0.2, 0.25) is 11.8 Å². The monoisotopic (exact) mass is 601 g/mol. The number of benzene rings is 1. The Balaban J connectivity index is 1.29. The second kappa shape index (κ2) is 10.2. The molecule has 1 saturated carbocycles. The first kappa shape index (κ1) is 26.2. The minimum absolute atomic E-state index is 0.00654. The Morgan fingerprint density at radius 2 is 1.82 bits per heavy atom. The largest absolute Gasteiger partial charge is 0.326 e. The molecule has 204 valence electrons. The number of likely N-dealkylation sites (tertiary alicyclic amines) is 1. The molecule has 4 heterocycles. The van der Waals surface area contributed by atoms with E-state index in [0.29, 0.717) is 32.8 Å². The maximum Gasteiger partial charge on any atom is 0.248 e. The van der Waals surface area contributed by atoms with E-state index in [0.717, 1.165) is 36.0 Å². The van der Waals surface area contributed by atoms with Gasteiger partial charge < -0.3 is 10.2 Å². The van der Waals surface area contributed by atoms with Gasteiger partial charge >= 0.3 is 0 Å². The Labute approximate surface area is 239 Å². The normalized spacial score (nSPS) is 19.8. The molecule has 4 aromatic rings. The van der Waals surface area contributed by atoms with E-state index < -0.39 is 6.04 Å². The minimum atomic E-state index is -0.575. The van der Waals surface area contributed by atoms with Crippen LogP contribution in [-0.4, -0.2) is 59.3 Å². The predicted molar refractivity (Wildman–Crippen MR) is 153 cm³/mol. The highest BCUT2D eigenvalue weighted by molar-refractivity contribution is 9.10. The molecule has 0 spiro atoms. The number of hydrogen-bond donors (Lipinski definition) is 1. The summed E-state index contributed by atoms with van der Waals surface area (Å²) in [7, 11) is 0. The number of pyridine rings is 1. The van der Waals surface area contributed by atoms with Gasteiger partial charge in [-0.25, -0.2) is 15.0 Å². The number of carbonyl (C=O) groups excluding carboxylic acids is 3. The molecule has 2 amide bonds. The maximum atomic E-state index is 13.8. The molecule has 1 aromatic carbocycles. The highest BCUT2D eigenvalue weighted by Gasteiger charge is 2.51. The van der Waals surface area contributed by atoms with Crippen LogP contribution in [-0.2, 0) is 16.1 Å². The van der Waals surface area contributed by atoms with Crippen molar-refractivity contribution in [3.63, 3.8) is 0 Å². The van der Waals surface area contributed by atoms with Crippen LogP contribution in [0, 0.1) is 19.8 Å². The molecule has 3 aromatic heterocycles. The summed E-state index contributed by atoms with van der Waals surface area (Å²) in [5, 5.41) is 8.15. The Morgan fingerprint density at radius 1 is 1.05 bits per heavy atom. The first-order valence-corrected chi connectivity index (χ1v) is 14.0. The van der Waals surface area contributed by atoms with Gasteiger partial charge in [-0.05, 0) is 84.3 Å². The molecule has 1 unspecified atom stereocenters. The van der Waals surface area contributed by atoms with Crippen LogP contribution in [0.1, 0.15) is 48.1 Å². The number of Topliss-reactive ketones (excluding diaryl/α,β-unsaturated/α-hetero) is 1. The molecular weight excluding hydrogens is 574 g/mol. The Hall–Kier alpha value is -3.99. The van der Waals surface area contributed by atoms with E-state index in [1.165, 1.54) is 6.92 Å². The molecule has 3 atom stereocenters. The molecule has 2 aliphatic rings. The smallest absolute Gasteiger partial charge is 0.248 e. The maximum absolute atomic E-state index is 13.8. The van der Waals surface area contributed by atoms with Gasteiger partial charge in [-0.2, -0.15) is 5.10 Å². The summed E-state index contributed by atoms with van der Waals surface area (Å²) in [6.45, 7) is 5.09. The summed E-state index contributed by atoms with van der Waals surface area (Å²) in [4.78, 5) is 54.5. The zero-order chi connectivity index (χ0) is 28.1. The quantitative estimate of drug-likeness (QED) is 0.255. The Morgan fingerprint density at radius 3 is 2.58 bits per heavy atom. The molecule has 6 rings (SSSR count). The summed E-state index contributed by atoms with van der Waals surface area (Å²) >= 11 is 3.36. The van der Waals surface area contributed by atoms with Crippen molar-refractivity contribution in [3.05, 3.63) is 64.4 Å². The highest BCUT2D eigenvalue weighted by atomic mass is 79.9. The van der Waals surface area contributed by atoms with Crippen LogP contribution < -0.4 is 5.32 Å². The summed E-state index contributed by atoms with van der Waals surface area (Å²) in [5.74, 6) is 0.640. The van der Waals surface area contributed by atoms with Crippen LogP contribution >= 0.6 is 15.9 Å². The van der Waals surface area contributed by atoms with Crippen LogP contribution in [0.15, 0.2) is 47.3 Å². The summed E-state index contributed by atoms with van der Waals surface area (Å²) in [5.41, 5.74) is 3.49. The van der Waals surface area contributed by atoms with E-state index in [9.17, 15) is 14.4 Å². The van der Waals surface area contributed by atoms with Crippen molar-refractivity contribution in [2.75, 3.05) is 5.32 Å². The first-order chi connectivity index (χ1) is 19.2. The highest BCUT2D eigenvalue weighted by Crippen LogP contribution is 2.43. The average molecular weight is 602 g/mol. The third-order valence-corrected chi connectivity index (χ3v) is 8.37. The van der Waals surface area contributed by atoms with Crippen LogP contribution in [0.3, 0.4) is 0 Å². The second-order valence-corrected chi connectivity index (χ2v) is 11.4. The van der Waals surface area contributed by atoms with E-state index in [4.69, 9.17) is 0 Å². The number of aryl methyl sites for hydroxylation is 2. The Kier molecular flexibility index (Phi) is 6.69. The van der Waals surface area contributed by atoms with Gasteiger partial charge in [-0.1, -0.05) is 12.1 Å². The Bertz CT molecular complexity index is 1670. The number of rotatable bonds is 6. The molecule has 1 saturated heterocycles. The first-order valence-electron chi connectivity index (χ1n) is 13.3. The predicted octanol–water partition coefficient (Wildman–Crippen LogP) is 4.49. The van der Waals surface area contributed by atoms with Crippen LogP contribution in [0.4, 0.5) is 5.82 Å². The van der Waals surface area contributed by atoms with Crippen molar-refractivity contribution in [3.8, 4) is 11.1 Å². The average Bonchev–Trinajstić information content (AvgIpc) is 3.64. The lowest BCUT2D eigenvalue weighted by Gasteiger charge is -2.34. The third kappa shape index (κ3) is 4.68. The number of nitrogens with one attached hydrogen (secondary N) is 1. The lowest BCUT2D eigenvalue weighted by atomic mass is 9.97. The lowest BCUT2D eigenvalue weighted by Crippen LogP contribution is -2.52. The molecular formula is C29H28BrN7O3. The molecule has 2 bridgehead atoms. The molecule has 2 fully saturated rings. The zero-order valence-electron chi connectivity index (χ0n) is 22.4. The van der Waals surface area contributed by atoms with Gasteiger partial charge in [-0.3, -0.25) is 19.1 Å². The fraction of sp³-hybridized carbons (Fsp3) is 0.345.